The highest BCUT2D eigenvalue weighted by atomic mass is 79.9. The highest BCUT2D eigenvalue weighted by molar-refractivity contribution is 9.09. The molecule has 5 rings (SSSR count). The molecule has 3 amide bonds. The number of alkyl halides is 1. The van der Waals surface area contributed by atoms with Gasteiger partial charge in [-0.25, -0.2) is 0 Å². The number of hydrogen-bond acceptors (Lipinski definition) is 5. The Hall–Kier alpha value is -2.88. The van der Waals surface area contributed by atoms with Crippen LogP contribution in [-0.2, 0) is 20.9 Å². The maximum atomic E-state index is 15.0. The summed E-state index contributed by atoms with van der Waals surface area (Å²) in [6.07, 6.45) is 4.49. The molecule has 2 bridgehead atoms. The van der Waals surface area contributed by atoms with Crippen molar-refractivity contribution >= 4 is 51.1 Å². The Morgan fingerprint density at radius 2 is 1.75 bits per heavy atom. The topological polar surface area (TPSA) is 81.2 Å². The lowest BCUT2D eigenvalue weighted by molar-refractivity contribution is -0.145. The molecule has 0 saturated carbocycles. The van der Waals surface area contributed by atoms with Crippen molar-refractivity contribution in [3.8, 4) is 0 Å². The molecule has 2 aromatic rings. The molecule has 3 aliphatic rings. The molecule has 7 nitrogen and oxygen atoms in total. The molecule has 3 unspecified atom stereocenters. The molecule has 0 radical (unpaired) electrons. The van der Waals surface area contributed by atoms with E-state index in [1.807, 2.05) is 69.3 Å². The minimum Gasteiger partial charge on any atom is -0.394 e. The molecule has 234 valence electrons. The van der Waals surface area contributed by atoms with Gasteiger partial charge in [0.05, 0.1) is 29.2 Å². The smallest absolute Gasteiger partial charge is 0.251 e. The van der Waals surface area contributed by atoms with Gasteiger partial charge in [-0.3, -0.25) is 14.4 Å². The van der Waals surface area contributed by atoms with E-state index >= 15 is 0 Å². The predicted molar refractivity (Wildman–Crippen MR) is 181 cm³/mol. The zero-order valence-corrected chi connectivity index (χ0v) is 28.1. The minimum atomic E-state index is -0.842. The van der Waals surface area contributed by atoms with Crippen LogP contribution in [0.25, 0.3) is 0 Å². The summed E-state index contributed by atoms with van der Waals surface area (Å²) in [6, 6.07) is 14.3. The molecule has 3 heterocycles. The first kappa shape index (κ1) is 32.5. The number of likely N-dealkylation sites (tertiary alicyclic amines) is 1. The molecular formula is C35H42BrN3O4S. The lowest BCUT2D eigenvalue weighted by atomic mass is 9.70. The van der Waals surface area contributed by atoms with E-state index in [2.05, 4.69) is 29.1 Å². The summed E-state index contributed by atoms with van der Waals surface area (Å²) in [4.78, 5) is 49.3. The number of carbonyl (C=O) groups excluding carboxylic acids is 3. The van der Waals surface area contributed by atoms with Crippen molar-refractivity contribution < 1.29 is 19.5 Å². The number of aliphatic hydroxyl groups is 1. The van der Waals surface area contributed by atoms with Crippen LogP contribution in [0.2, 0.25) is 0 Å². The van der Waals surface area contributed by atoms with Gasteiger partial charge < -0.3 is 19.8 Å². The number of fused-ring (bicyclic) bond motifs is 1. The Kier molecular flexibility index (Phi) is 9.78. The van der Waals surface area contributed by atoms with Crippen LogP contribution in [0.15, 0.2) is 73.8 Å². The van der Waals surface area contributed by atoms with Gasteiger partial charge in [-0.05, 0) is 43.4 Å². The summed E-state index contributed by atoms with van der Waals surface area (Å²) < 4.78 is -0.821. The molecule has 1 spiro atoms. The minimum absolute atomic E-state index is 0.0506. The summed E-state index contributed by atoms with van der Waals surface area (Å²) in [6.45, 7) is 14.5. The van der Waals surface area contributed by atoms with E-state index in [0.717, 1.165) is 22.4 Å². The summed E-state index contributed by atoms with van der Waals surface area (Å²) in [7, 11) is 0. The number of thioether (sulfide) groups is 1. The van der Waals surface area contributed by atoms with E-state index in [0.29, 0.717) is 25.9 Å². The molecule has 3 fully saturated rings. The van der Waals surface area contributed by atoms with Crippen molar-refractivity contribution in [2.24, 2.45) is 11.8 Å². The number of halogens is 1. The Morgan fingerprint density at radius 1 is 1.09 bits per heavy atom. The van der Waals surface area contributed by atoms with Gasteiger partial charge >= 0.3 is 0 Å². The van der Waals surface area contributed by atoms with Gasteiger partial charge in [0.2, 0.25) is 11.8 Å². The highest BCUT2D eigenvalue weighted by Gasteiger charge is 2.76. The zero-order valence-electron chi connectivity index (χ0n) is 25.7. The van der Waals surface area contributed by atoms with Crippen molar-refractivity contribution in [2.75, 3.05) is 24.6 Å². The fourth-order valence-corrected chi connectivity index (χ4v) is 11.2. The molecular weight excluding hydrogens is 638 g/mol. The second kappa shape index (κ2) is 13.2. The van der Waals surface area contributed by atoms with Gasteiger partial charge in [-0.1, -0.05) is 83.5 Å². The molecule has 9 heteroatoms. The van der Waals surface area contributed by atoms with Crippen LogP contribution in [0.1, 0.15) is 36.5 Å². The number of amides is 3. The third-order valence-corrected chi connectivity index (χ3v) is 12.7. The normalized spacial score (nSPS) is 27.6. The number of rotatable bonds is 12. The van der Waals surface area contributed by atoms with E-state index in [1.54, 1.807) is 38.6 Å². The lowest BCUT2D eigenvalue weighted by Gasteiger charge is -2.40. The number of para-hydroxylation sites is 1. The van der Waals surface area contributed by atoms with Crippen molar-refractivity contribution in [1.82, 2.24) is 9.80 Å². The molecule has 2 aromatic carbocycles. The van der Waals surface area contributed by atoms with Gasteiger partial charge in [0, 0.05) is 35.4 Å². The predicted octanol–water partition coefficient (Wildman–Crippen LogP) is 5.27. The summed E-state index contributed by atoms with van der Waals surface area (Å²) in [5.74, 6) is -1.80. The van der Waals surface area contributed by atoms with Crippen molar-refractivity contribution in [2.45, 2.75) is 67.1 Å². The van der Waals surface area contributed by atoms with Crippen molar-refractivity contribution in [3.63, 3.8) is 0 Å². The van der Waals surface area contributed by atoms with Crippen molar-refractivity contribution in [1.29, 1.82) is 0 Å². The van der Waals surface area contributed by atoms with E-state index in [4.69, 9.17) is 0 Å². The quantitative estimate of drug-likeness (QED) is 0.244. The first-order valence-electron chi connectivity index (χ1n) is 15.3. The maximum Gasteiger partial charge on any atom is 0.251 e. The number of benzene rings is 2. The standard InChI is InChI=1S/C35H42BrN3O4S/c1-6-17-37(20-24-15-10-9-11-16-24)32(41)27-28-33(42)39(25(8-3)21-40)31(35(28)19-26(36)30(27)44-35)34(43)38(18-7-2)29-22(4)13-12-14-23(29)5/h6-7,9-16,25-28,30-31,40H,1-2,8,17-21H2,3-5H3/t25-,26?,27-,28-,30-,31?,35?/m0/s1. The van der Waals surface area contributed by atoms with Gasteiger partial charge in [-0.2, -0.15) is 0 Å². The number of nitrogens with zero attached hydrogens (tertiary/aromatic N) is 3. The number of aryl methyl sites for hydroxylation is 2. The Balaban J connectivity index is 1.61. The molecule has 3 aliphatic heterocycles. The van der Waals surface area contributed by atoms with Crippen LogP contribution >= 0.6 is 27.7 Å². The average Bonchev–Trinajstić information content (AvgIpc) is 3.60. The van der Waals surface area contributed by atoms with Crippen LogP contribution in [-0.4, -0.2) is 79.2 Å². The molecule has 7 atom stereocenters. The second-order valence-corrected chi connectivity index (χ2v) is 14.8. The first-order valence-corrected chi connectivity index (χ1v) is 17.1. The van der Waals surface area contributed by atoms with Crippen LogP contribution < -0.4 is 4.90 Å². The Bertz CT molecular complexity index is 1410. The Labute approximate surface area is 273 Å². The molecule has 0 aromatic heterocycles. The third kappa shape index (κ3) is 5.35. The van der Waals surface area contributed by atoms with Crippen LogP contribution in [0, 0.1) is 25.7 Å². The first-order chi connectivity index (χ1) is 21.1. The second-order valence-electron chi connectivity index (χ2n) is 12.1. The van der Waals surface area contributed by atoms with Crippen LogP contribution in [0.5, 0.6) is 0 Å². The van der Waals surface area contributed by atoms with Gasteiger partial charge in [0.25, 0.3) is 5.91 Å². The average molecular weight is 681 g/mol. The van der Waals surface area contributed by atoms with Gasteiger partial charge in [-0.15, -0.1) is 24.9 Å². The molecule has 3 saturated heterocycles. The van der Waals surface area contributed by atoms with E-state index in [-0.39, 0.29) is 41.0 Å². The van der Waals surface area contributed by atoms with Gasteiger partial charge in [0.1, 0.15) is 6.04 Å². The number of aliphatic hydroxyl groups excluding tert-OH is 1. The fourth-order valence-electron chi connectivity index (χ4n) is 7.64. The monoisotopic (exact) mass is 679 g/mol. The van der Waals surface area contributed by atoms with E-state index in [1.165, 1.54) is 0 Å². The molecule has 0 aliphatic carbocycles. The lowest BCUT2D eigenvalue weighted by Crippen LogP contribution is -2.58. The Morgan fingerprint density at radius 3 is 2.34 bits per heavy atom. The SMILES string of the molecule is C=CCN(Cc1ccccc1)C(=O)[C@H]1[C@H]2C(=O)N([C@@H](CC)CO)C(C(=O)N(CC=C)c3c(C)cccc3C)C23CC(Br)[C@@H]1S3. The highest BCUT2D eigenvalue weighted by Crippen LogP contribution is 2.68. The number of anilines is 1. The summed E-state index contributed by atoms with van der Waals surface area (Å²) in [5.41, 5.74) is 3.71. The largest absolute Gasteiger partial charge is 0.394 e. The summed E-state index contributed by atoms with van der Waals surface area (Å²) >= 11 is 5.50. The van der Waals surface area contributed by atoms with Crippen molar-refractivity contribution in [3.05, 3.63) is 90.5 Å². The number of carbonyl (C=O) groups is 3. The zero-order chi connectivity index (χ0) is 31.8. The number of hydrogen-bond donors (Lipinski definition) is 1. The van der Waals surface area contributed by atoms with E-state index < -0.39 is 28.7 Å². The fraction of sp³-hybridized carbons (Fsp3) is 0.457. The maximum absolute atomic E-state index is 15.0. The van der Waals surface area contributed by atoms with Crippen LogP contribution in [0.3, 0.4) is 0 Å². The van der Waals surface area contributed by atoms with Gasteiger partial charge in [0.15, 0.2) is 0 Å². The summed E-state index contributed by atoms with van der Waals surface area (Å²) in [5, 5.41) is 10.3. The molecule has 44 heavy (non-hydrogen) atoms. The van der Waals surface area contributed by atoms with E-state index in [9.17, 15) is 19.5 Å². The van der Waals surface area contributed by atoms with Crippen LogP contribution in [0.4, 0.5) is 5.69 Å². The molecule has 1 N–H and O–H groups in total. The third-order valence-electron chi connectivity index (χ3n) is 9.49.